The van der Waals surface area contributed by atoms with Crippen molar-refractivity contribution in [1.82, 2.24) is 19.5 Å². The maximum absolute atomic E-state index is 12.6. The van der Waals surface area contributed by atoms with E-state index in [0.717, 1.165) is 26.8 Å². The van der Waals surface area contributed by atoms with Gasteiger partial charge in [0.25, 0.3) is 17.4 Å². The summed E-state index contributed by atoms with van der Waals surface area (Å²) in [7, 11) is 0. The zero-order valence-electron chi connectivity index (χ0n) is 11.5. The molecule has 0 atom stereocenters. The van der Waals surface area contributed by atoms with Crippen LogP contribution < -0.4 is 5.56 Å². The van der Waals surface area contributed by atoms with Crippen LogP contribution in [0.5, 0.6) is 0 Å². The Morgan fingerprint density at radius 1 is 1.32 bits per heavy atom. The molecule has 0 radical (unpaired) electrons. The Labute approximate surface area is 128 Å². The van der Waals surface area contributed by atoms with E-state index >= 15 is 0 Å². The fourth-order valence-corrected chi connectivity index (χ4v) is 3.20. The molecule has 7 nitrogen and oxygen atoms in total. The molecule has 110 valence electrons. The first-order valence-corrected chi connectivity index (χ1v) is 7.13. The van der Waals surface area contributed by atoms with Crippen LogP contribution in [0.1, 0.15) is 27.1 Å². The van der Waals surface area contributed by atoms with E-state index in [4.69, 9.17) is 0 Å². The zero-order chi connectivity index (χ0) is 15.9. The second-order valence-corrected chi connectivity index (χ2v) is 5.33. The Hall–Kier alpha value is -2.87. The maximum atomic E-state index is 12.6. The van der Waals surface area contributed by atoms with Gasteiger partial charge >= 0.3 is 0 Å². The Kier molecular flexibility index (Phi) is 3.30. The normalized spacial score (nSPS) is 15.1. The second kappa shape index (κ2) is 5.15. The quantitative estimate of drug-likeness (QED) is 0.631. The Bertz CT molecular complexity index is 935. The van der Waals surface area contributed by atoms with Crippen LogP contribution in [-0.2, 0) is 0 Å². The molecule has 8 heteroatoms. The molecule has 2 aromatic rings. The lowest BCUT2D eigenvalue weighted by molar-refractivity contribution is 0.0708. The summed E-state index contributed by atoms with van der Waals surface area (Å²) >= 11 is 0.970. The first kappa shape index (κ1) is 14.1. The van der Waals surface area contributed by atoms with Crippen molar-refractivity contribution in [2.45, 2.75) is 6.92 Å². The number of allylic oxidation sites excluding steroid dienone is 4. The number of hydrogen-bond acceptors (Lipinski definition) is 6. The Morgan fingerprint density at radius 3 is 2.77 bits per heavy atom. The minimum atomic E-state index is -0.562. The standard InChI is InChI=1S/C14H10N4O3S/c1-3-5-8(6-4-2)17-12(20)10-11(13(17)21)22-14-16-15-7-9(19)18(10)14/h3-7H,1H2,2H3/b6-4-,8-5+. The van der Waals surface area contributed by atoms with Crippen LogP contribution in [0, 0.1) is 0 Å². The minimum Gasteiger partial charge on any atom is -0.267 e. The van der Waals surface area contributed by atoms with E-state index in [1.165, 1.54) is 6.08 Å². The molecule has 22 heavy (non-hydrogen) atoms. The van der Waals surface area contributed by atoms with Crippen LogP contribution in [0.25, 0.3) is 4.96 Å². The highest BCUT2D eigenvalue weighted by molar-refractivity contribution is 7.19. The molecule has 0 unspecified atom stereocenters. The van der Waals surface area contributed by atoms with E-state index in [-0.39, 0.29) is 15.5 Å². The summed E-state index contributed by atoms with van der Waals surface area (Å²) in [5.74, 6) is -1.05. The maximum Gasteiger partial charge on any atom is 0.284 e. The van der Waals surface area contributed by atoms with Gasteiger partial charge in [-0.15, -0.1) is 5.10 Å². The van der Waals surface area contributed by atoms with Crippen LogP contribution in [0.4, 0.5) is 0 Å². The lowest BCUT2D eigenvalue weighted by Crippen LogP contribution is -2.30. The average molecular weight is 314 g/mol. The van der Waals surface area contributed by atoms with Gasteiger partial charge in [0.05, 0.1) is 5.70 Å². The van der Waals surface area contributed by atoms with Crippen molar-refractivity contribution in [1.29, 1.82) is 0 Å². The van der Waals surface area contributed by atoms with Crippen molar-refractivity contribution in [3.05, 3.63) is 63.7 Å². The predicted octanol–water partition coefficient (Wildman–Crippen LogP) is 1.39. The third-order valence-electron chi connectivity index (χ3n) is 3.04. The highest BCUT2D eigenvalue weighted by Gasteiger charge is 2.41. The second-order valence-electron chi connectivity index (χ2n) is 4.35. The van der Waals surface area contributed by atoms with E-state index in [1.54, 1.807) is 25.2 Å². The molecule has 0 fully saturated rings. The number of thiazole rings is 1. The molecular formula is C14H10N4O3S. The lowest BCUT2D eigenvalue weighted by Gasteiger charge is -2.14. The fraction of sp³-hybridized carbons (Fsp3) is 0.0714. The number of imide groups is 1. The summed E-state index contributed by atoms with van der Waals surface area (Å²) in [6.45, 7) is 5.35. The van der Waals surface area contributed by atoms with Gasteiger partial charge in [0.1, 0.15) is 16.8 Å². The number of aromatic nitrogens is 3. The van der Waals surface area contributed by atoms with Crippen LogP contribution >= 0.6 is 11.3 Å². The van der Waals surface area contributed by atoms with Crippen molar-refractivity contribution < 1.29 is 9.59 Å². The molecule has 3 heterocycles. The SMILES string of the molecule is C=C/C=C(\C=C/C)N1C(=O)c2sc3nncc(=O)n3c2C1=O. The molecule has 0 saturated heterocycles. The summed E-state index contributed by atoms with van der Waals surface area (Å²) in [6.07, 6.45) is 7.37. The molecule has 0 aliphatic carbocycles. The Morgan fingerprint density at radius 2 is 2.09 bits per heavy atom. The number of carbonyl (C=O) groups is 2. The molecule has 0 spiro atoms. The number of carbonyl (C=O) groups excluding carboxylic acids is 2. The summed E-state index contributed by atoms with van der Waals surface area (Å²) in [5.41, 5.74) is -0.0748. The van der Waals surface area contributed by atoms with Crippen LogP contribution in [0.3, 0.4) is 0 Å². The predicted molar refractivity (Wildman–Crippen MR) is 80.7 cm³/mol. The van der Waals surface area contributed by atoms with Crippen molar-refractivity contribution in [3.8, 4) is 0 Å². The van der Waals surface area contributed by atoms with Gasteiger partial charge in [-0.3, -0.25) is 14.4 Å². The number of hydrogen-bond donors (Lipinski definition) is 0. The molecule has 3 rings (SSSR count). The van der Waals surface area contributed by atoms with Crippen molar-refractivity contribution in [2.75, 3.05) is 0 Å². The zero-order valence-corrected chi connectivity index (χ0v) is 12.3. The first-order valence-electron chi connectivity index (χ1n) is 6.31. The van der Waals surface area contributed by atoms with Gasteiger partial charge in [0.2, 0.25) is 4.96 Å². The molecule has 0 saturated carbocycles. The van der Waals surface area contributed by atoms with E-state index in [9.17, 15) is 14.4 Å². The van der Waals surface area contributed by atoms with E-state index in [0.29, 0.717) is 5.70 Å². The van der Waals surface area contributed by atoms with Gasteiger partial charge < -0.3 is 0 Å². The molecule has 0 aromatic carbocycles. The third kappa shape index (κ3) is 1.85. The summed E-state index contributed by atoms with van der Waals surface area (Å²) in [5, 5.41) is 7.32. The topological polar surface area (TPSA) is 84.6 Å². The average Bonchev–Trinajstić information content (AvgIpc) is 2.97. The van der Waals surface area contributed by atoms with Crippen LogP contribution in [0.15, 0.2) is 47.6 Å². The van der Waals surface area contributed by atoms with Crippen molar-refractivity contribution in [2.24, 2.45) is 0 Å². The number of amides is 2. The van der Waals surface area contributed by atoms with Gasteiger partial charge in [-0.05, 0) is 19.1 Å². The monoisotopic (exact) mass is 314 g/mol. The molecule has 1 aliphatic heterocycles. The Balaban J connectivity index is 2.24. The summed E-state index contributed by atoms with van der Waals surface area (Å²) < 4.78 is 1.12. The van der Waals surface area contributed by atoms with E-state index in [2.05, 4.69) is 16.8 Å². The molecule has 0 bridgehead atoms. The highest BCUT2D eigenvalue weighted by Crippen LogP contribution is 2.31. The van der Waals surface area contributed by atoms with Crippen LogP contribution in [0.2, 0.25) is 0 Å². The van der Waals surface area contributed by atoms with Gasteiger partial charge in [-0.25, -0.2) is 9.30 Å². The van der Waals surface area contributed by atoms with Gasteiger partial charge in [-0.1, -0.05) is 30.1 Å². The summed E-state index contributed by atoms with van der Waals surface area (Å²) in [4.78, 5) is 38.5. The highest BCUT2D eigenvalue weighted by atomic mass is 32.1. The largest absolute Gasteiger partial charge is 0.284 e. The number of nitrogens with zero attached hydrogens (tertiary/aromatic N) is 4. The molecule has 2 aromatic heterocycles. The van der Waals surface area contributed by atoms with Gasteiger partial charge in [-0.2, -0.15) is 5.10 Å². The van der Waals surface area contributed by atoms with Gasteiger partial charge in [0.15, 0.2) is 0 Å². The molecule has 2 amide bonds. The third-order valence-corrected chi connectivity index (χ3v) is 4.06. The van der Waals surface area contributed by atoms with Crippen LogP contribution in [-0.4, -0.2) is 31.3 Å². The molecular weight excluding hydrogens is 304 g/mol. The first-order chi connectivity index (χ1) is 10.6. The fourth-order valence-electron chi connectivity index (χ4n) is 2.21. The van der Waals surface area contributed by atoms with Gasteiger partial charge in [0, 0.05) is 0 Å². The van der Waals surface area contributed by atoms with E-state index < -0.39 is 17.4 Å². The number of rotatable bonds is 3. The molecule has 0 N–H and O–H groups in total. The smallest absolute Gasteiger partial charge is 0.267 e. The summed E-state index contributed by atoms with van der Waals surface area (Å²) in [6, 6.07) is 0. The van der Waals surface area contributed by atoms with Crippen molar-refractivity contribution in [3.63, 3.8) is 0 Å². The molecule has 1 aliphatic rings. The van der Waals surface area contributed by atoms with E-state index in [1.807, 2.05) is 0 Å². The lowest BCUT2D eigenvalue weighted by atomic mass is 10.3. The minimum absolute atomic E-state index is 0.0318. The number of fused-ring (bicyclic) bond motifs is 3. The van der Waals surface area contributed by atoms with Crippen molar-refractivity contribution >= 4 is 28.1 Å².